The van der Waals surface area contributed by atoms with E-state index in [-0.39, 0.29) is 31.9 Å². The molecular weight excluding hydrogens is 424 g/mol. The molecule has 2 aromatic rings. The van der Waals surface area contributed by atoms with Crippen molar-refractivity contribution < 1.29 is 31.7 Å². The fourth-order valence-electron chi connectivity index (χ4n) is 2.96. The van der Waals surface area contributed by atoms with Gasteiger partial charge >= 0.3 is 5.69 Å². The van der Waals surface area contributed by atoms with Crippen LogP contribution in [0.4, 0.5) is 14.5 Å². The molecule has 1 amide bonds. The van der Waals surface area contributed by atoms with Crippen LogP contribution in [0.3, 0.4) is 0 Å². The fraction of sp³-hybridized carbons (Fsp3) is 0.278. The Morgan fingerprint density at radius 3 is 2.40 bits per heavy atom. The van der Waals surface area contributed by atoms with E-state index in [4.69, 9.17) is 4.74 Å². The number of benzene rings is 2. The van der Waals surface area contributed by atoms with E-state index in [1.807, 2.05) is 0 Å². The average Bonchev–Trinajstić information content (AvgIpc) is 2.72. The van der Waals surface area contributed by atoms with Crippen molar-refractivity contribution in [2.45, 2.75) is 4.90 Å². The Morgan fingerprint density at radius 2 is 1.77 bits per heavy atom. The van der Waals surface area contributed by atoms with E-state index < -0.39 is 49.7 Å². The number of nitrogens with zero attached hydrogens (tertiary/aromatic N) is 3. The van der Waals surface area contributed by atoms with Gasteiger partial charge in [-0.15, -0.1) is 0 Å². The Hall–Kier alpha value is -3.12. The molecule has 0 aromatic heterocycles. The first-order valence-electron chi connectivity index (χ1n) is 8.79. The second kappa shape index (κ2) is 8.71. The number of sulfonamides is 1. The highest BCUT2D eigenvalue weighted by molar-refractivity contribution is 7.89. The van der Waals surface area contributed by atoms with Crippen LogP contribution in [0.2, 0.25) is 0 Å². The first-order chi connectivity index (χ1) is 14.2. The van der Waals surface area contributed by atoms with Gasteiger partial charge in [0.25, 0.3) is 5.91 Å². The molecule has 0 bridgehead atoms. The van der Waals surface area contributed by atoms with Gasteiger partial charge in [-0.1, -0.05) is 12.1 Å². The minimum Gasteiger partial charge on any atom is -0.477 e. The summed E-state index contributed by atoms with van der Waals surface area (Å²) in [5.41, 5.74) is -0.481. The summed E-state index contributed by atoms with van der Waals surface area (Å²) in [5.74, 6) is -2.54. The maximum atomic E-state index is 13.9. The van der Waals surface area contributed by atoms with Crippen molar-refractivity contribution in [3.8, 4) is 5.75 Å². The Labute approximate surface area is 170 Å². The maximum Gasteiger partial charge on any atom is 0.311 e. The van der Waals surface area contributed by atoms with E-state index in [1.165, 1.54) is 23.1 Å². The summed E-state index contributed by atoms with van der Waals surface area (Å²) in [5, 5.41) is 11.0. The molecule has 0 unspecified atom stereocenters. The molecule has 1 saturated heterocycles. The number of hydrogen-bond donors (Lipinski definition) is 0. The van der Waals surface area contributed by atoms with Crippen LogP contribution in [0, 0.1) is 21.7 Å². The van der Waals surface area contributed by atoms with Gasteiger partial charge in [-0.3, -0.25) is 14.9 Å². The molecule has 3 rings (SSSR count). The number of carbonyl (C=O) groups is 1. The standard InChI is InChI=1S/C18H17F2N3O6S/c19-13-5-6-15(23(25)26)16(11-13)29-12-18(24)21-7-9-22(10-8-21)30(27,28)17-4-2-1-3-14(17)20/h1-6,11H,7-10,12H2. The van der Waals surface area contributed by atoms with Crippen molar-refractivity contribution in [3.63, 3.8) is 0 Å². The SMILES string of the molecule is O=C(COc1cc(F)ccc1[N+](=O)[O-])N1CCN(S(=O)(=O)c2ccccc2F)CC1. The molecule has 0 saturated carbocycles. The minimum atomic E-state index is -4.04. The Morgan fingerprint density at radius 1 is 1.10 bits per heavy atom. The van der Waals surface area contributed by atoms with Crippen molar-refractivity contribution in [1.29, 1.82) is 0 Å². The van der Waals surface area contributed by atoms with Crippen LogP contribution in [-0.2, 0) is 14.8 Å². The van der Waals surface area contributed by atoms with Crippen LogP contribution < -0.4 is 4.74 Å². The quantitative estimate of drug-likeness (QED) is 0.499. The Balaban J connectivity index is 1.61. The summed E-state index contributed by atoms with van der Waals surface area (Å²) in [6, 6.07) is 7.66. The van der Waals surface area contributed by atoms with Gasteiger partial charge in [0.2, 0.25) is 15.8 Å². The molecule has 0 radical (unpaired) electrons. The zero-order valence-corrected chi connectivity index (χ0v) is 16.3. The molecule has 1 aliphatic rings. The Kier molecular flexibility index (Phi) is 6.27. The number of amides is 1. The summed E-state index contributed by atoms with van der Waals surface area (Å²) < 4.78 is 58.6. The molecule has 30 heavy (non-hydrogen) atoms. The topological polar surface area (TPSA) is 110 Å². The number of carbonyl (C=O) groups excluding carboxylic acids is 1. The second-order valence-electron chi connectivity index (χ2n) is 6.37. The third-order valence-corrected chi connectivity index (χ3v) is 6.45. The van der Waals surface area contributed by atoms with E-state index in [1.54, 1.807) is 0 Å². The molecule has 0 aliphatic carbocycles. The van der Waals surface area contributed by atoms with E-state index in [0.29, 0.717) is 0 Å². The third kappa shape index (κ3) is 4.54. The summed E-state index contributed by atoms with van der Waals surface area (Å²) in [4.78, 5) is 23.4. The summed E-state index contributed by atoms with van der Waals surface area (Å²) in [6.07, 6.45) is 0. The lowest BCUT2D eigenvalue weighted by Crippen LogP contribution is -2.51. The molecule has 0 atom stereocenters. The lowest BCUT2D eigenvalue weighted by atomic mass is 10.3. The summed E-state index contributed by atoms with van der Waals surface area (Å²) >= 11 is 0. The van der Waals surface area contributed by atoms with Gasteiger partial charge in [0, 0.05) is 38.3 Å². The van der Waals surface area contributed by atoms with Gasteiger partial charge in [-0.2, -0.15) is 4.31 Å². The number of nitro groups is 1. The summed E-state index contributed by atoms with van der Waals surface area (Å²) in [6.45, 7) is -0.627. The van der Waals surface area contributed by atoms with Crippen molar-refractivity contribution in [1.82, 2.24) is 9.21 Å². The van der Waals surface area contributed by atoms with Crippen LogP contribution in [0.25, 0.3) is 0 Å². The second-order valence-corrected chi connectivity index (χ2v) is 8.28. The average molecular weight is 441 g/mol. The molecule has 1 aliphatic heterocycles. The van der Waals surface area contributed by atoms with Crippen LogP contribution in [0.15, 0.2) is 47.4 Å². The van der Waals surface area contributed by atoms with Crippen LogP contribution in [0.5, 0.6) is 5.75 Å². The first-order valence-corrected chi connectivity index (χ1v) is 10.2. The van der Waals surface area contributed by atoms with Gasteiger partial charge in [-0.25, -0.2) is 17.2 Å². The number of hydrogen-bond acceptors (Lipinski definition) is 6. The highest BCUT2D eigenvalue weighted by atomic mass is 32.2. The van der Waals surface area contributed by atoms with Crippen LogP contribution >= 0.6 is 0 Å². The molecule has 9 nitrogen and oxygen atoms in total. The lowest BCUT2D eigenvalue weighted by molar-refractivity contribution is -0.385. The van der Waals surface area contributed by atoms with Gasteiger partial charge in [0.1, 0.15) is 16.5 Å². The molecule has 1 fully saturated rings. The van der Waals surface area contributed by atoms with E-state index in [9.17, 15) is 32.1 Å². The molecular formula is C18H17F2N3O6S. The third-order valence-electron chi connectivity index (χ3n) is 4.52. The highest BCUT2D eigenvalue weighted by Gasteiger charge is 2.32. The number of rotatable bonds is 6. The van der Waals surface area contributed by atoms with Crippen molar-refractivity contribution in [3.05, 3.63) is 64.2 Å². The summed E-state index contributed by atoms with van der Waals surface area (Å²) in [7, 11) is -4.04. The molecule has 12 heteroatoms. The maximum absolute atomic E-state index is 13.9. The number of ether oxygens (including phenoxy) is 1. The minimum absolute atomic E-state index is 0.0289. The largest absolute Gasteiger partial charge is 0.477 e. The Bertz CT molecular complexity index is 1070. The van der Waals surface area contributed by atoms with Crippen molar-refractivity contribution >= 4 is 21.6 Å². The van der Waals surface area contributed by atoms with Crippen LogP contribution in [0.1, 0.15) is 0 Å². The number of halogens is 2. The molecule has 1 heterocycles. The molecule has 0 spiro atoms. The van der Waals surface area contributed by atoms with Gasteiger partial charge in [0.15, 0.2) is 6.61 Å². The molecule has 2 aromatic carbocycles. The van der Waals surface area contributed by atoms with Gasteiger partial charge in [-0.05, 0) is 18.2 Å². The van der Waals surface area contributed by atoms with E-state index in [2.05, 4.69) is 0 Å². The highest BCUT2D eigenvalue weighted by Crippen LogP contribution is 2.27. The fourth-order valence-corrected chi connectivity index (χ4v) is 4.44. The molecule has 0 N–H and O–H groups in total. The predicted octanol–water partition coefficient (Wildman–Crippen LogP) is 1.78. The van der Waals surface area contributed by atoms with E-state index in [0.717, 1.165) is 28.6 Å². The van der Waals surface area contributed by atoms with Crippen molar-refractivity contribution in [2.24, 2.45) is 0 Å². The monoisotopic (exact) mass is 441 g/mol. The molecule has 160 valence electrons. The predicted molar refractivity (Wildman–Crippen MR) is 100 cm³/mol. The first kappa shape index (κ1) is 21.6. The number of piperazine rings is 1. The smallest absolute Gasteiger partial charge is 0.311 e. The number of nitro benzene ring substituents is 1. The van der Waals surface area contributed by atoms with Crippen LogP contribution in [-0.4, -0.2) is 61.2 Å². The zero-order chi connectivity index (χ0) is 21.9. The van der Waals surface area contributed by atoms with Crippen molar-refractivity contribution in [2.75, 3.05) is 32.8 Å². The normalized spacial score (nSPS) is 15.1. The zero-order valence-electron chi connectivity index (χ0n) is 15.5. The van der Waals surface area contributed by atoms with Gasteiger partial charge < -0.3 is 9.64 Å². The van der Waals surface area contributed by atoms with E-state index >= 15 is 0 Å². The van der Waals surface area contributed by atoms with Gasteiger partial charge in [0.05, 0.1) is 4.92 Å². The lowest BCUT2D eigenvalue weighted by Gasteiger charge is -2.34.